The zero-order chi connectivity index (χ0) is 16.2. The number of hydrogen-bond acceptors (Lipinski definition) is 1. The Morgan fingerprint density at radius 2 is 2.05 bits per heavy atom. The zero-order valence-corrected chi connectivity index (χ0v) is 12.5. The van der Waals surface area contributed by atoms with Crippen molar-refractivity contribution in [2.75, 3.05) is 18.4 Å². The molecule has 0 aliphatic heterocycles. The van der Waals surface area contributed by atoms with Crippen molar-refractivity contribution < 1.29 is 18.0 Å². The number of halogens is 4. The highest BCUT2D eigenvalue weighted by molar-refractivity contribution is 6.31. The van der Waals surface area contributed by atoms with Crippen molar-refractivity contribution in [2.24, 2.45) is 0 Å². The van der Waals surface area contributed by atoms with Gasteiger partial charge in [0.15, 0.2) is 0 Å². The maximum Gasteiger partial charge on any atom is 0.417 e. The Morgan fingerprint density at radius 3 is 2.52 bits per heavy atom. The number of benzene rings is 1. The van der Waals surface area contributed by atoms with Crippen molar-refractivity contribution >= 4 is 23.3 Å². The van der Waals surface area contributed by atoms with Crippen LogP contribution in [0.1, 0.15) is 19.4 Å². The van der Waals surface area contributed by atoms with E-state index in [1.807, 2.05) is 0 Å². The van der Waals surface area contributed by atoms with Crippen LogP contribution in [0.3, 0.4) is 0 Å². The van der Waals surface area contributed by atoms with Crippen LogP contribution in [0.25, 0.3) is 0 Å². The SMILES string of the molecule is C=C(C)CN(CC)C(=O)Nc1ccc(Cl)c(C(F)(F)F)c1. The molecule has 0 aliphatic rings. The van der Waals surface area contributed by atoms with Crippen LogP contribution in [-0.4, -0.2) is 24.0 Å². The smallest absolute Gasteiger partial charge is 0.321 e. The Bertz CT molecular complexity index is 544. The van der Waals surface area contributed by atoms with Crippen molar-refractivity contribution in [3.05, 3.63) is 40.9 Å². The summed E-state index contributed by atoms with van der Waals surface area (Å²) in [6.07, 6.45) is -4.57. The van der Waals surface area contributed by atoms with Gasteiger partial charge in [-0.15, -0.1) is 0 Å². The third kappa shape index (κ3) is 4.97. The lowest BCUT2D eigenvalue weighted by atomic mass is 10.2. The number of nitrogens with one attached hydrogen (secondary N) is 1. The molecule has 1 N–H and O–H groups in total. The molecule has 0 radical (unpaired) electrons. The molecule has 0 heterocycles. The van der Waals surface area contributed by atoms with Gasteiger partial charge in [-0.05, 0) is 32.0 Å². The van der Waals surface area contributed by atoms with Crippen molar-refractivity contribution in [3.8, 4) is 0 Å². The van der Waals surface area contributed by atoms with Crippen LogP contribution >= 0.6 is 11.6 Å². The summed E-state index contributed by atoms with van der Waals surface area (Å²) in [6, 6.07) is 2.75. The standard InChI is InChI=1S/C14H16ClF3N2O/c1-4-20(8-9(2)3)13(21)19-10-5-6-12(15)11(7-10)14(16,17)18/h5-7H,2,4,8H2,1,3H3,(H,19,21). The van der Waals surface area contributed by atoms with Crippen molar-refractivity contribution in [2.45, 2.75) is 20.0 Å². The highest BCUT2D eigenvalue weighted by Gasteiger charge is 2.33. The van der Waals surface area contributed by atoms with Crippen molar-refractivity contribution in [1.29, 1.82) is 0 Å². The molecule has 0 aromatic heterocycles. The summed E-state index contributed by atoms with van der Waals surface area (Å²) in [4.78, 5) is 13.4. The topological polar surface area (TPSA) is 32.3 Å². The van der Waals surface area contributed by atoms with E-state index in [-0.39, 0.29) is 5.69 Å². The summed E-state index contributed by atoms with van der Waals surface area (Å²) in [7, 11) is 0. The maximum atomic E-state index is 12.7. The lowest BCUT2D eigenvalue weighted by molar-refractivity contribution is -0.137. The molecule has 7 heteroatoms. The first kappa shape index (κ1) is 17.4. The third-order valence-corrected chi connectivity index (χ3v) is 2.98. The predicted octanol–water partition coefficient (Wildman–Crippen LogP) is 4.79. The lowest BCUT2D eigenvalue weighted by Gasteiger charge is -2.21. The molecule has 1 rings (SSSR count). The lowest BCUT2D eigenvalue weighted by Crippen LogP contribution is -2.35. The van der Waals surface area contributed by atoms with Gasteiger partial charge in [0, 0.05) is 18.8 Å². The van der Waals surface area contributed by atoms with Gasteiger partial charge in [0.05, 0.1) is 10.6 Å². The van der Waals surface area contributed by atoms with E-state index in [0.29, 0.717) is 13.1 Å². The van der Waals surface area contributed by atoms with Crippen LogP contribution in [0.2, 0.25) is 5.02 Å². The van der Waals surface area contributed by atoms with Crippen LogP contribution in [0, 0.1) is 0 Å². The van der Waals surface area contributed by atoms with E-state index in [2.05, 4.69) is 11.9 Å². The Hall–Kier alpha value is -1.69. The highest BCUT2D eigenvalue weighted by Crippen LogP contribution is 2.36. The average Bonchev–Trinajstić information content (AvgIpc) is 2.36. The first-order valence-corrected chi connectivity index (χ1v) is 6.60. The fourth-order valence-corrected chi connectivity index (χ4v) is 1.90. The molecule has 1 aromatic carbocycles. The second-order valence-electron chi connectivity index (χ2n) is 4.59. The molecule has 0 spiro atoms. The summed E-state index contributed by atoms with van der Waals surface area (Å²) in [5.74, 6) is 0. The van der Waals surface area contributed by atoms with E-state index in [1.54, 1.807) is 13.8 Å². The minimum absolute atomic E-state index is 0.0388. The minimum atomic E-state index is -4.57. The quantitative estimate of drug-likeness (QED) is 0.795. The van der Waals surface area contributed by atoms with Crippen molar-refractivity contribution in [1.82, 2.24) is 4.90 Å². The number of hydrogen-bond donors (Lipinski definition) is 1. The van der Waals surface area contributed by atoms with E-state index in [1.165, 1.54) is 11.0 Å². The molecule has 0 fully saturated rings. The van der Waals surface area contributed by atoms with Gasteiger partial charge in [0.25, 0.3) is 0 Å². The van der Waals surface area contributed by atoms with E-state index >= 15 is 0 Å². The fourth-order valence-electron chi connectivity index (χ4n) is 1.68. The average molecular weight is 321 g/mol. The molecular formula is C14H16ClF3N2O. The van der Waals surface area contributed by atoms with Gasteiger partial charge in [0.2, 0.25) is 0 Å². The maximum absolute atomic E-state index is 12.7. The van der Waals surface area contributed by atoms with Gasteiger partial charge in [-0.1, -0.05) is 23.8 Å². The molecule has 0 saturated heterocycles. The summed E-state index contributed by atoms with van der Waals surface area (Å²) in [5.41, 5.74) is -0.166. The first-order valence-electron chi connectivity index (χ1n) is 6.22. The van der Waals surface area contributed by atoms with Gasteiger partial charge in [0.1, 0.15) is 0 Å². The summed E-state index contributed by atoms with van der Waals surface area (Å²) < 4.78 is 38.2. The summed E-state index contributed by atoms with van der Waals surface area (Å²) in [6.45, 7) is 7.99. The number of nitrogens with zero attached hydrogens (tertiary/aromatic N) is 1. The monoisotopic (exact) mass is 320 g/mol. The van der Waals surface area contributed by atoms with Crippen LogP contribution in [0.5, 0.6) is 0 Å². The Kier molecular flexibility index (Phi) is 5.66. The molecular weight excluding hydrogens is 305 g/mol. The summed E-state index contributed by atoms with van der Waals surface area (Å²) in [5, 5.41) is 2.02. The predicted molar refractivity (Wildman–Crippen MR) is 77.5 cm³/mol. The molecule has 116 valence electrons. The van der Waals surface area contributed by atoms with Gasteiger partial charge >= 0.3 is 12.2 Å². The molecule has 3 nitrogen and oxygen atoms in total. The van der Waals surface area contributed by atoms with Gasteiger partial charge in [-0.25, -0.2) is 4.79 Å². The molecule has 0 unspecified atom stereocenters. The van der Waals surface area contributed by atoms with Gasteiger partial charge < -0.3 is 10.2 Å². The van der Waals surface area contributed by atoms with Crippen molar-refractivity contribution in [3.63, 3.8) is 0 Å². The molecule has 0 atom stereocenters. The van der Waals surface area contributed by atoms with E-state index in [4.69, 9.17) is 11.6 Å². The molecule has 0 bridgehead atoms. The molecule has 21 heavy (non-hydrogen) atoms. The number of anilines is 1. The normalized spacial score (nSPS) is 11.1. The molecule has 0 aliphatic carbocycles. The fraction of sp³-hybridized carbons (Fsp3) is 0.357. The van der Waals surface area contributed by atoms with Crippen LogP contribution in [0.15, 0.2) is 30.4 Å². The van der Waals surface area contributed by atoms with E-state index < -0.39 is 22.8 Å². The minimum Gasteiger partial charge on any atom is -0.321 e. The number of carbonyl (C=O) groups excluding carboxylic acids is 1. The van der Waals surface area contributed by atoms with E-state index in [9.17, 15) is 18.0 Å². The first-order chi connectivity index (χ1) is 9.65. The second-order valence-corrected chi connectivity index (χ2v) is 5.00. The Morgan fingerprint density at radius 1 is 1.43 bits per heavy atom. The van der Waals surface area contributed by atoms with Crippen LogP contribution in [-0.2, 0) is 6.18 Å². The number of rotatable bonds is 4. The van der Waals surface area contributed by atoms with Gasteiger partial charge in [-0.2, -0.15) is 13.2 Å². The number of carbonyl (C=O) groups is 1. The number of likely N-dealkylation sites (N-methyl/N-ethyl adjacent to an activating group) is 1. The molecule has 2 amide bonds. The largest absolute Gasteiger partial charge is 0.417 e. The highest BCUT2D eigenvalue weighted by atomic mass is 35.5. The van der Waals surface area contributed by atoms with E-state index in [0.717, 1.165) is 17.7 Å². The zero-order valence-electron chi connectivity index (χ0n) is 11.7. The Balaban J connectivity index is 2.93. The Labute approximate surface area is 126 Å². The number of urea groups is 1. The number of alkyl halides is 3. The second kappa shape index (κ2) is 6.85. The molecule has 1 aromatic rings. The van der Waals surface area contributed by atoms with Gasteiger partial charge in [-0.3, -0.25) is 0 Å². The van der Waals surface area contributed by atoms with Crippen LogP contribution < -0.4 is 5.32 Å². The molecule has 0 saturated carbocycles. The summed E-state index contributed by atoms with van der Waals surface area (Å²) >= 11 is 5.52. The van der Waals surface area contributed by atoms with Crippen LogP contribution in [0.4, 0.5) is 23.7 Å². The number of amides is 2. The third-order valence-electron chi connectivity index (χ3n) is 2.65.